The minimum absolute atomic E-state index is 0. The van der Waals surface area contributed by atoms with E-state index in [-0.39, 0.29) is 48.8 Å². The van der Waals surface area contributed by atoms with Crippen LogP contribution in [0.25, 0.3) is 0 Å². The molecule has 0 bridgehead atoms. The molecule has 0 saturated carbocycles. The third-order valence-electron chi connectivity index (χ3n) is 2.64. The average Bonchev–Trinajstić information content (AvgIpc) is 2.21. The Labute approximate surface area is 147 Å². The van der Waals surface area contributed by atoms with Crippen LogP contribution in [-0.4, -0.2) is 42.8 Å². The van der Waals surface area contributed by atoms with Crippen molar-refractivity contribution in [2.75, 3.05) is 12.3 Å². The molecule has 0 radical (unpaired) electrons. The van der Waals surface area contributed by atoms with Crippen LogP contribution in [0.5, 0.6) is 0 Å². The Bertz CT molecular complexity index is 384. The zero-order chi connectivity index (χ0) is 16.7. The number of unbranched alkanes of at least 4 members (excludes halogenated alkanes) is 5. The summed E-state index contributed by atoms with van der Waals surface area (Å²) in [4.78, 5) is -1.47. The van der Waals surface area contributed by atoms with Crippen molar-refractivity contribution in [1.82, 2.24) is 4.90 Å². The molecule has 0 aliphatic rings. The Morgan fingerprint density at radius 1 is 0.773 bits per heavy atom. The molecule has 0 atom stereocenters. The summed E-state index contributed by atoms with van der Waals surface area (Å²) < 4.78 is 104. The first-order valence-electron chi connectivity index (χ1n) is 6.19. The van der Waals surface area contributed by atoms with Gasteiger partial charge in [-0.2, -0.15) is 26.3 Å². The van der Waals surface area contributed by atoms with Gasteiger partial charge in [-0.1, -0.05) is 25.7 Å². The predicted molar refractivity (Wildman–Crippen MR) is 61.1 cm³/mol. The second-order valence-corrected chi connectivity index (χ2v) is 5.99. The topological polar surface area (TPSA) is 60.4 Å². The number of hydrogen-bond donors (Lipinski definition) is 0. The van der Waals surface area contributed by atoms with E-state index in [9.17, 15) is 39.3 Å². The molecule has 0 aromatic heterocycles. The number of hydrogen-bond acceptors (Lipinski definition) is 4. The van der Waals surface area contributed by atoms with Crippen molar-refractivity contribution < 1.29 is 68.9 Å². The van der Waals surface area contributed by atoms with Crippen LogP contribution in [-0.2, 0) is 10.1 Å². The van der Waals surface area contributed by atoms with Crippen LogP contribution in [0.4, 0.5) is 26.3 Å². The molecule has 0 N–H and O–H groups in total. The van der Waals surface area contributed by atoms with Crippen LogP contribution in [0.3, 0.4) is 0 Å². The Morgan fingerprint density at radius 3 is 1.50 bits per heavy atom. The van der Waals surface area contributed by atoms with Gasteiger partial charge >= 0.3 is 42.2 Å². The maximum atomic E-state index is 12.1. The fourth-order valence-corrected chi connectivity index (χ4v) is 2.21. The van der Waals surface area contributed by atoms with Crippen LogP contribution in [0, 0.1) is 0 Å². The molecule has 0 rings (SSSR count). The fourth-order valence-electron chi connectivity index (χ4n) is 1.65. The monoisotopic (exact) mass is 367 g/mol. The molecule has 22 heavy (non-hydrogen) atoms. The van der Waals surface area contributed by atoms with Crippen molar-refractivity contribution in [2.24, 2.45) is 0 Å². The van der Waals surface area contributed by atoms with Gasteiger partial charge in [0.2, 0.25) is 0 Å². The summed E-state index contributed by atoms with van der Waals surface area (Å²) in [5, 5.41) is 0. The first-order chi connectivity index (χ1) is 9.34. The van der Waals surface area contributed by atoms with Crippen LogP contribution in [0.1, 0.15) is 38.5 Å². The van der Waals surface area contributed by atoms with Gasteiger partial charge in [-0.25, -0.2) is 8.42 Å². The molecular formula is C10H16F6NNaO3S. The van der Waals surface area contributed by atoms with Gasteiger partial charge in [0.1, 0.15) is 0 Å². The van der Waals surface area contributed by atoms with E-state index >= 15 is 0 Å². The molecule has 0 aromatic carbocycles. The Balaban J connectivity index is 0. The van der Waals surface area contributed by atoms with Crippen LogP contribution in [0.2, 0.25) is 0 Å². The Morgan fingerprint density at radius 2 is 1.14 bits per heavy atom. The van der Waals surface area contributed by atoms with E-state index in [2.05, 4.69) is 0 Å². The molecule has 4 nitrogen and oxygen atoms in total. The van der Waals surface area contributed by atoms with Crippen molar-refractivity contribution in [3.05, 3.63) is 0 Å². The summed E-state index contributed by atoms with van der Waals surface area (Å²) in [6, 6.07) is 0. The number of rotatable bonds is 9. The second-order valence-electron chi connectivity index (χ2n) is 4.47. The number of alkyl halides is 6. The molecule has 0 fully saturated rings. The van der Waals surface area contributed by atoms with Gasteiger partial charge in [0, 0.05) is 12.3 Å². The third-order valence-corrected chi connectivity index (χ3v) is 3.43. The average molecular weight is 367 g/mol. The van der Waals surface area contributed by atoms with Gasteiger partial charge in [0.15, 0.2) is 0 Å². The quantitative estimate of drug-likeness (QED) is 0.192. The first-order valence-corrected chi connectivity index (χ1v) is 7.76. The Hall–Kier alpha value is 0.450. The van der Waals surface area contributed by atoms with Crippen molar-refractivity contribution in [2.45, 2.75) is 51.1 Å². The predicted octanol–water partition coefficient (Wildman–Crippen LogP) is 0.218. The van der Waals surface area contributed by atoms with E-state index < -0.39 is 39.9 Å². The Kier molecular flexibility index (Phi) is 11.6. The minimum atomic E-state index is -5.46. The molecular weight excluding hydrogens is 351 g/mol. The maximum absolute atomic E-state index is 12.1. The van der Waals surface area contributed by atoms with E-state index in [0.29, 0.717) is 19.3 Å². The maximum Gasteiger partial charge on any atom is 1.00 e. The summed E-state index contributed by atoms with van der Waals surface area (Å²) >= 11 is 0. The van der Waals surface area contributed by atoms with E-state index in [1.54, 1.807) is 0 Å². The minimum Gasteiger partial charge on any atom is -0.748 e. The summed E-state index contributed by atoms with van der Waals surface area (Å²) in [5.74, 6) is -0.511. The van der Waals surface area contributed by atoms with Crippen LogP contribution in [0.15, 0.2) is 0 Å². The molecule has 0 saturated heterocycles. The van der Waals surface area contributed by atoms with E-state index in [1.165, 1.54) is 0 Å². The largest absolute Gasteiger partial charge is 1.00 e. The van der Waals surface area contributed by atoms with Crippen LogP contribution >= 0.6 is 0 Å². The standard InChI is InChI=1S/C10H17F6NO3S.Na/c11-9(12,13)17(10(14,15)16)7-5-3-1-2-4-6-8-21(18,19)20;/h1-8H2,(H,18,19,20);/q;+1/p-1. The summed E-state index contributed by atoms with van der Waals surface area (Å²) in [6.07, 6.45) is -9.67. The van der Waals surface area contributed by atoms with Gasteiger partial charge in [-0.15, -0.1) is 4.90 Å². The summed E-state index contributed by atoms with van der Waals surface area (Å²) in [7, 11) is -4.27. The number of halogens is 6. The molecule has 0 spiro atoms. The van der Waals surface area contributed by atoms with Crippen molar-refractivity contribution >= 4 is 10.1 Å². The molecule has 0 aromatic rings. The van der Waals surface area contributed by atoms with Gasteiger partial charge in [-0.3, -0.25) is 0 Å². The molecule has 0 aliphatic heterocycles. The van der Waals surface area contributed by atoms with Crippen molar-refractivity contribution in [3.63, 3.8) is 0 Å². The van der Waals surface area contributed by atoms with Crippen molar-refractivity contribution in [3.8, 4) is 0 Å². The molecule has 128 valence electrons. The molecule has 0 unspecified atom stereocenters. The smallest absolute Gasteiger partial charge is 0.748 e. The second kappa shape index (κ2) is 10.3. The van der Waals surface area contributed by atoms with E-state index in [1.807, 2.05) is 0 Å². The molecule has 0 heterocycles. The first kappa shape index (κ1) is 24.7. The molecule has 0 amide bonds. The number of nitrogens with zero attached hydrogens (tertiary/aromatic N) is 1. The molecule has 12 heteroatoms. The fraction of sp³-hybridized carbons (Fsp3) is 1.00. The van der Waals surface area contributed by atoms with Gasteiger partial charge in [0.25, 0.3) is 0 Å². The van der Waals surface area contributed by atoms with Gasteiger partial charge in [0.05, 0.1) is 10.1 Å². The van der Waals surface area contributed by atoms with E-state index in [0.717, 1.165) is 0 Å². The summed E-state index contributed by atoms with van der Waals surface area (Å²) in [5.41, 5.74) is 0. The van der Waals surface area contributed by atoms with Crippen LogP contribution < -0.4 is 29.6 Å². The van der Waals surface area contributed by atoms with Gasteiger partial charge in [-0.05, 0) is 12.8 Å². The van der Waals surface area contributed by atoms with Gasteiger partial charge < -0.3 is 4.55 Å². The third kappa shape index (κ3) is 12.9. The van der Waals surface area contributed by atoms with E-state index in [4.69, 9.17) is 0 Å². The zero-order valence-electron chi connectivity index (χ0n) is 12.0. The summed E-state index contributed by atoms with van der Waals surface area (Å²) in [6.45, 7) is -1.16. The zero-order valence-corrected chi connectivity index (χ0v) is 14.8. The SMILES string of the molecule is O=S(=O)([O-])CCCCCCCCN(C(F)(F)F)C(F)(F)F.[Na+]. The van der Waals surface area contributed by atoms with Crippen molar-refractivity contribution in [1.29, 1.82) is 0 Å². The normalized spacial score (nSPS) is 13.3. The molecule has 0 aliphatic carbocycles.